The molecular weight excluding hydrogens is 399 g/mol. The summed E-state index contributed by atoms with van der Waals surface area (Å²) in [4.78, 5) is 19.5. The highest BCUT2D eigenvalue weighted by Crippen LogP contribution is 2.34. The fraction of sp³-hybridized carbons (Fsp3) is 0.167. The predicted molar refractivity (Wildman–Crippen MR) is 119 cm³/mol. The highest BCUT2D eigenvalue weighted by Gasteiger charge is 2.22. The van der Waals surface area contributed by atoms with Crippen molar-refractivity contribution in [3.05, 3.63) is 89.2 Å². The van der Waals surface area contributed by atoms with Gasteiger partial charge in [0.1, 0.15) is 0 Å². The number of carbonyl (C=O) groups is 1. The Morgan fingerprint density at radius 1 is 1.00 bits per heavy atom. The summed E-state index contributed by atoms with van der Waals surface area (Å²) in [6.07, 6.45) is 0. The molecule has 0 saturated heterocycles. The summed E-state index contributed by atoms with van der Waals surface area (Å²) < 4.78 is 20.4. The van der Waals surface area contributed by atoms with Crippen LogP contribution in [-0.2, 0) is 11.3 Å². The molecule has 6 heteroatoms. The minimum atomic E-state index is -0.494. The third-order valence-corrected chi connectivity index (χ3v) is 6.05. The van der Waals surface area contributed by atoms with E-state index < -0.39 is 5.82 Å². The molecule has 0 atom stereocenters. The van der Waals surface area contributed by atoms with Crippen molar-refractivity contribution in [2.45, 2.75) is 20.4 Å². The van der Waals surface area contributed by atoms with Crippen molar-refractivity contribution in [2.24, 2.45) is 0 Å². The van der Waals surface area contributed by atoms with Gasteiger partial charge in [-0.25, -0.2) is 9.37 Å². The summed E-state index contributed by atoms with van der Waals surface area (Å²) in [5.41, 5.74) is 4.06. The average Bonchev–Trinajstić information content (AvgIpc) is 3.21. The first kappa shape index (κ1) is 20.0. The van der Waals surface area contributed by atoms with Gasteiger partial charge in [0.15, 0.2) is 23.3 Å². The van der Waals surface area contributed by atoms with Crippen LogP contribution in [0.2, 0.25) is 0 Å². The van der Waals surface area contributed by atoms with Crippen LogP contribution in [0.1, 0.15) is 16.7 Å². The topological polar surface area (TPSA) is 42.4 Å². The van der Waals surface area contributed by atoms with Gasteiger partial charge in [-0.1, -0.05) is 65.9 Å². The zero-order valence-corrected chi connectivity index (χ0v) is 17.6. The lowest BCUT2D eigenvalue weighted by Gasteiger charge is -2.20. The molecule has 0 saturated carbocycles. The molecule has 0 aliphatic carbocycles. The number of carbonyl (C=O) groups excluding carboxylic acids is 1. The van der Waals surface area contributed by atoms with Crippen LogP contribution in [0, 0.1) is 19.7 Å². The first-order valence-electron chi connectivity index (χ1n) is 9.61. The molecule has 0 N–H and O–H groups in total. The van der Waals surface area contributed by atoms with Crippen molar-refractivity contribution in [1.82, 2.24) is 4.98 Å². The van der Waals surface area contributed by atoms with Gasteiger partial charge >= 0.3 is 0 Å². The number of thiazole rings is 1. The number of para-hydroxylation sites is 1. The van der Waals surface area contributed by atoms with Gasteiger partial charge in [-0.05, 0) is 42.7 Å². The summed E-state index contributed by atoms with van der Waals surface area (Å²) in [6, 6.07) is 19.9. The molecule has 4 nitrogen and oxygen atoms in total. The molecule has 1 heterocycles. The Morgan fingerprint density at radius 3 is 2.43 bits per heavy atom. The monoisotopic (exact) mass is 420 g/mol. The van der Waals surface area contributed by atoms with Crippen LogP contribution in [0.3, 0.4) is 0 Å². The zero-order chi connectivity index (χ0) is 21.1. The first-order chi connectivity index (χ1) is 14.5. The second-order valence-electron chi connectivity index (χ2n) is 7.06. The van der Waals surface area contributed by atoms with Crippen molar-refractivity contribution in [3.8, 4) is 5.75 Å². The van der Waals surface area contributed by atoms with Crippen LogP contribution in [-0.4, -0.2) is 17.5 Å². The van der Waals surface area contributed by atoms with E-state index in [2.05, 4.69) is 6.07 Å². The van der Waals surface area contributed by atoms with Crippen LogP contribution in [0.5, 0.6) is 5.75 Å². The number of aromatic nitrogens is 1. The van der Waals surface area contributed by atoms with E-state index in [-0.39, 0.29) is 18.3 Å². The summed E-state index contributed by atoms with van der Waals surface area (Å²) in [5, 5.41) is 0.605. The number of hydrogen-bond donors (Lipinski definition) is 0. The van der Waals surface area contributed by atoms with Crippen molar-refractivity contribution >= 4 is 32.6 Å². The first-order valence-corrected chi connectivity index (χ1v) is 10.4. The fourth-order valence-electron chi connectivity index (χ4n) is 3.17. The minimum absolute atomic E-state index is 0.0569. The molecule has 1 amide bonds. The normalized spacial score (nSPS) is 10.9. The maximum Gasteiger partial charge on any atom is 0.267 e. The molecule has 30 heavy (non-hydrogen) atoms. The van der Waals surface area contributed by atoms with Crippen molar-refractivity contribution in [3.63, 3.8) is 0 Å². The Labute approximate surface area is 178 Å². The van der Waals surface area contributed by atoms with Crippen LogP contribution in [0.4, 0.5) is 9.52 Å². The lowest BCUT2D eigenvalue weighted by molar-refractivity contribution is -0.120. The molecule has 4 aromatic rings. The lowest BCUT2D eigenvalue weighted by Crippen LogP contribution is -2.34. The molecule has 0 fully saturated rings. The van der Waals surface area contributed by atoms with E-state index in [9.17, 15) is 9.18 Å². The Morgan fingerprint density at radius 2 is 1.70 bits per heavy atom. The standard InChI is InChI=1S/C24H21FN2O2S/c1-16-12-13-17(2)23-22(16)26-24(30-23)27(14-18-8-4-3-5-9-18)21(28)15-29-20-11-7-6-10-19(20)25/h3-13H,14-15H2,1-2H3. The third kappa shape index (κ3) is 4.19. The number of fused-ring (bicyclic) bond motifs is 1. The highest BCUT2D eigenvalue weighted by atomic mass is 32.1. The predicted octanol–water partition coefficient (Wildman–Crippen LogP) is 5.66. The second-order valence-corrected chi connectivity index (χ2v) is 8.04. The quantitative estimate of drug-likeness (QED) is 0.404. The summed E-state index contributed by atoms with van der Waals surface area (Å²) >= 11 is 1.48. The van der Waals surface area contributed by atoms with E-state index in [1.165, 1.54) is 23.5 Å². The summed E-state index contributed by atoms with van der Waals surface area (Å²) in [7, 11) is 0. The van der Waals surface area contributed by atoms with Gasteiger partial charge in [-0.15, -0.1) is 0 Å². The molecule has 0 bridgehead atoms. The van der Waals surface area contributed by atoms with Crippen molar-refractivity contribution < 1.29 is 13.9 Å². The van der Waals surface area contributed by atoms with Gasteiger partial charge in [0, 0.05) is 0 Å². The van der Waals surface area contributed by atoms with E-state index >= 15 is 0 Å². The fourth-order valence-corrected chi connectivity index (χ4v) is 4.30. The van der Waals surface area contributed by atoms with E-state index in [1.54, 1.807) is 17.0 Å². The Bertz CT molecular complexity index is 1150. The van der Waals surface area contributed by atoms with E-state index in [1.807, 2.05) is 50.2 Å². The third-order valence-electron chi connectivity index (χ3n) is 4.83. The number of benzene rings is 3. The number of hydrogen-bond acceptors (Lipinski definition) is 4. The SMILES string of the molecule is Cc1ccc(C)c2sc(N(Cc3ccccc3)C(=O)COc3ccccc3F)nc12. The van der Waals surface area contributed by atoms with E-state index in [4.69, 9.17) is 9.72 Å². The minimum Gasteiger partial charge on any atom is -0.481 e. The smallest absolute Gasteiger partial charge is 0.267 e. The molecule has 0 aliphatic rings. The van der Waals surface area contributed by atoms with Crippen LogP contribution < -0.4 is 9.64 Å². The number of ether oxygens (including phenoxy) is 1. The molecule has 0 radical (unpaired) electrons. The molecule has 0 unspecified atom stereocenters. The lowest BCUT2D eigenvalue weighted by atomic mass is 10.1. The summed E-state index contributed by atoms with van der Waals surface area (Å²) in [6.45, 7) is 4.13. The van der Waals surface area contributed by atoms with Crippen LogP contribution in [0.25, 0.3) is 10.2 Å². The summed E-state index contributed by atoms with van der Waals surface area (Å²) in [5.74, 6) is -0.718. The largest absolute Gasteiger partial charge is 0.481 e. The number of rotatable bonds is 6. The average molecular weight is 421 g/mol. The molecule has 1 aromatic heterocycles. The molecule has 0 spiro atoms. The molecule has 0 aliphatic heterocycles. The number of amides is 1. The van der Waals surface area contributed by atoms with Crippen molar-refractivity contribution in [2.75, 3.05) is 11.5 Å². The van der Waals surface area contributed by atoms with Crippen LogP contribution in [0.15, 0.2) is 66.7 Å². The number of aryl methyl sites for hydroxylation is 2. The van der Waals surface area contributed by atoms with Gasteiger partial charge in [0.25, 0.3) is 5.91 Å². The van der Waals surface area contributed by atoms with Gasteiger partial charge in [0.05, 0.1) is 16.8 Å². The van der Waals surface area contributed by atoms with E-state index in [0.29, 0.717) is 11.7 Å². The Hall–Kier alpha value is -3.25. The highest BCUT2D eigenvalue weighted by molar-refractivity contribution is 7.22. The van der Waals surface area contributed by atoms with Gasteiger partial charge in [-0.2, -0.15) is 0 Å². The van der Waals surface area contributed by atoms with Gasteiger partial charge in [0.2, 0.25) is 0 Å². The van der Waals surface area contributed by atoms with E-state index in [0.717, 1.165) is 26.9 Å². The van der Waals surface area contributed by atoms with Gasteiger partial charge in [-0.3, -0.25) is 9.69 Å². The molecule has 152 valence electrons. The maximum absolute atomic E-state index is 13.9. The maximum atomic E-state index is 13.9. The zero-order valence-electron chi connectivity index (χ0n) is 16.8. The number of anilines is 1. The Balaban J connectivity index is 1.66. The number of nitrogens with zero attached hydrogens (tertiary/aromatic N) is 2. The van der Waals surface area contributed by atoms with Gasteiger partial charge < -0.3 is 4.74 Å². The second kappa shape index (κ2) is 8.63. The Kier molecular flexibility index (Phi) is 5.77. The molecular formula is C24H21FN2O2S. The van der Waals surface area contributed by atoms with Crippen LogP contribution >= 0.6 is 11.3 Å². The molecule has 3 aromatic carbocycles. The van der Waals surface area contributed by atoms with Crippen molar-refractivity contribution in [1.29, 1.82) is 0 Å². The number of halogens is 1. The molecule has 4 rings (SSSR count).